The molecule has 0 fully saturated rings. The number of carboxylic acid groups (broad SMARTS) is 1. The highest BCUT2D eigenvalue weighted by molar-refractivity contribution is 7.11. The fourth-order valence-corrected chi connectivity index (χ4v) is 5.20. The number of carbonyl (C=O) groups is 2. The number of carboxylic acids is 1. The van der Waals surface area contributed by atoms with Crippen molar-refractivity contribution in [2.24, 2.45) is 0 Å². The van der Waals surface area contributed by atoms with Crippen LogP contribution in [0.2, 0.25) is 0 Å². The summed E-state index contributed by atoms with van der Waals surface area (Å²) in [6.07, 6.45) is -0.900. The number of amides is 1. The van der Waals surface area contributed by atoms with Crippen LogP contribution in [-0.4, -0.2) is 35.0 Å². The van der Waals surface area contributed by atoms with Crippen LogP contribution in [-0.2, 0) is 29.2 Å². The van der Waals surface area contributed by atoms with Crippen molar-refractivity contribution in [2.75, 3.05) is 7.11 Å². The Balaban J connectivity index is 1.48. The number of hydrogen-bond acceptors (Lipinski definition) is 6. The van der Waals surface area contributed by atoms with Gasteiger partial charge in [0.05, 0.1) is 7.11 Å². The molecule has 0 spiro atoms. The van der Waals surface area contributed by atoms with Gasteiger partial charge in [0.1, 0.15) is 12.6 Å². The first-order chi connectivity index (χ1) is 18.5. The Morgan fingerprint density at radius 3 is 2.39 bits per heavy atom. The Labute approximate surface area is 224 Å². The number of thiophene rings is 1. The SMILES string of the molecule is COc1ccc2c(c1OCc1ccccc1)CC(C(=O)O)N(C(=O)C(Oc1cccs1)c1ccccc1)C2. The normalized spacial score (nSPS) is 15.3. The number of hydrogen-bond donors (Lipinski definition) is 1. The number of benzene rings is 3. The van der Waals surface area contributed by atoms with Gasteiger partial charge < -0.3 is 24.2 Å². The number of fused-ring (bicyclic) bond motifs is 1. The van der Waals surface area contributed by atoms with E-state index >= 15 is 0 Å². The fourth-order valence-electron chi connectivity index (χ4n) is 4.60. The minimum atomic E-state index is -1.10. The molecule has 3 aromatic carbocycles. The molecule has 7 nitrogen and oxygen atoms in total. The number of methoxy groups -OCH3 is 1. The number of aliphatic carboxylic acids is 1. The van der Waals surface area contributed by atoms with Crippen LogP contribution in [0.15, 0.2) is 90.3 Å². The molecule has 0 aliphatic carbocycles. The van der Waals surface area contributed by atoms with Gasteiger partial charge in [0.15, 0.2) is 16.6 Å². The van der Waals surface area contributed by atoms with Crippen LogP contribution >= 0.6 is 11.3 Å². The first-order valence-electron chi connectivity index (χ1n) is 12.2. The Bertz CT molecular complexity index is 1390. The molecule has 2 unspecified atom stereocenters. The third-order valence-corrected chi connectivity index (χ3v) is 7.26. The smallest absolute Gasteiger partial charge is 0.326 e. The maximum Gasteiger partial charge on any atom is 0.326 e. The molecule has 1 aromatic heterocycles. The van der Waals surface area contributed by atoms with Gasteiger partial charge in [0.25, 0.3) is 5.91 Å². The van der Waals surface area contributed by atoms with Gasteiger partial charge in [0.2, 0.25) is 6.10 Å². The van der Waals surface area contributed by atoms with Gasteiger partial charge in [-0.1, -0.05) is 66.7 Å². The zero-order valence-electron chi connectivity index (χ0n) is 20.8. The van der Waals surface area contributed by atoms with E-state index < -0.39 is 24.0 Å². The Kier molecular flexibility index (Phi) is 7.60. The molecule has 0 saturated heterocycles. The Morgan fingerprint density at radius 1 is 1.00 bits per heavy atom. The summed E-state index contributed by atoms with van der Waals surface area (Å²) in [6, 6.07) is 25.0. The lowest BCUT2D eigenvalue weighted by Crippen LogP contribution is -2.51. The molecule has 1 amide bonds. The number of rotatable bonds is 9. The summed E-state index contributed by atoms with van der Waals surface area (Å²) in [5, 5.41) is 12.7. The lowest BCUT2D eigenvalue weighted by Gasteiger charge is -2.37. The lowest BCUT2D eigenvalue weighted by molar-refractivity contribution is -0.155. The molecule has 0 saturated carbocycles. The predicted octanol–water partition coefficient (Wildman–Crippen LogP) is 5.49. The van der Waals surface area contributed by atoms with Crippen molar-refractivity contribution in [3.05, 3.63) is 113 Å². The van der Waals surface area contributed by atoms with Crippen LogP contribution in [0.1, 0.15) is 28.4 Å². The first kappa shape index (κ1) is 25.4. The molecule has 2 atom stereocenters. The molecule has 0 bridgehead atoms. The van der Waals surface area contributed by atoms with Crippen molar-refractivity contribution < 1.29 is 28.9 Å². The van der Waals surface area contributed by atoms with Gasteiger partial charge >= 0.3 is 5.97 Å². The maximum atomic E-state index is 14.0. The second kappa shape index (κ2) is 11.4. The summed E-state index contributed by atoms with van der Waals surface area (Å²) >= 11 is 1.38. The van der Waals surface area contributed by atoms with Crippen molar-refractivity contribution >= 4 is 23.2 Å². The summed E-state index contributed by atoms with van der Waals surface area (Å²) in [4.78, 5) is 27.8. The van der Waals surface area contributed by atoms with Gasteiger partial charge in [-0.25, -0.2) is 4.79 Å². The van der Waals surface area contributed by atoms with E-state index in [0.717, 1.165) is 16.7 Å². The topological polar surface area (TPSA) is 85.3 Å². The molecule has 2 heterocycles. The standard InChI is InChI=1S/C30H27NO6S/c1-35-25-15-14-22-18-31(29(32)27(21-11-6-3-7-12-21)37-26-13-8-16-38-26)24(30(33)34)17-23(22)28(25)36-19-20-9-4-2-5-10-20/h2-16,24,27H,17-19H2,1H3,(H,33,34). The minimum absolute atomic E-state index is 0.0816. The van der Waals surface area contributed by atoms with E-state index in [9.17, 15) is 14.7 Å². The number of nitrogens with zero attached hydrogens (tertiary/aromatic N) is 1. The summed E-state index contributed by atoms with van der Waals surface area (Å²) < 4.78 is 17.8. The molecule has 5 rings (SSSR count). The monoisotopic (exact) mass is 529 g/mol. The average Bonchev–Trinajstić information content (AvgIpc) is 3.48. The molecule has 1 aliphatic heterocycles. The third-order valence-electron chi connectivity index (χ3n) is 6.51. The number of carbonyl (C=O) groups excluding carboxylic acids is 1. The minimum Gasteiger partial charge on any atom is -0.493 e. The quantitative estimate of drug-likeness (QED) is 0.309. The summed E-state index contributed by atoms with van der Waals surface area (Å²) in [6.45, 7) is 0.409. The summed E-state index contributed by atoms with van der Waals surface area (Å²) in [7, 11) is 1.55. The molecule has 38 heavy (non-hydrogen) atoms. The third kappa shape index (κ3) is 5.35. The van der Waals surface area contributed by atoms with E-state index in [1.54, 1.807) is 19.2 Å². The number of ether oxygens (including phenoxy) is 3. The zero-order valence-corrected chi connectivity index (χ0v) is 21.6. The van der Waals surface area contributed by atoms with Gasteiger partial charge in [-0.05, 0) is 34.7 Å². The van der Waals surface area contributed by atoms with Crippen LogP contribution in [0.25, 0.3) is 0 Å². The van der Waals surface area contributed by atoms with E-state index in [4.69, 9.17) is 14.2 Å². The van der Waals surface area contributed by atoms with Crippen LogP contribution in [0, 0.1) is 0 Å². The second-order valence-corrected chi connectivity index (χ2v) is 9.78. The van der Waals surface area contributed by atoms with Crippen molar-refractivity contribution in [3.8, 4) is 16.6 Å². The molecule has 1 N–H and O–H groups in total. The highest BCUT2D eigenvalue weighted by atomic mass is 32.1. The molecule has 1 aliphatic rings. The first-order valence-corrected chi connectivity index (χ1v) is 13.1. The van der Waals surface area contributed by atoms with E-state index in [-0.39, 0.29) is 13.0 Å². The molecule has 194 valence electrons. The van der Waals surface area contributed by atoms with Crippen molar-refractivity contribution in [2.45, 2.75) is 31.7 Å². The van der Waals surface area contributed by atoms with E-state index in [1.807, 2.05) is 78.2 Å². The van der Waals surface area contributed by atoms with Crippen LogP contribution in [0.5, 0.6) is 16.6 Å². The van der Waals surface area contributed by atoms with Gasteiger partial charge in [-0.15, -0.1) is 11.3 Å². The molecular weight excluding hydrogens is 502 g/mol. The molecule has 4 aromatic rings. The molecular formula is C30H27NO6S. The van der Waals surface area contributed by atoms with Crippen molar-refractivity contribution in [3.63, 3.8) is 0 Å². The fraction of sp³-hybridized carbons (Fsp3) is 0.200. The van der Waals surface area contributed by atoms with E-state index in [1.165, 1.54) is 16.2 Å². The highest BCUT2D eigenvalue weighted by Gasteiger charge is 2.40. The largest absolute Gasteiger partial charge is 0.493 e. The zero-order chi connectivity index (χ0) is 26.5. The van der Waals surface area contributed by atoms with Crippen LogP contribution in [0.4, 0.5) is 0 Å². The van der Waals surface area contributed by atoms with Gasteiger partial charge in [0, 0.05) is 24.1 Å². The average molecular weight is 530 g/mol. The Morgan fingerprint density at radius 2 is 1.74 bits per heavy atom. The summed E-state index contributed by atoms with van der Waals surface area (Å²) in [5.74, 6) is -0.484. The van der Waals surface area contributed by atoms with Gasteiger partial charge in [-0.3, -0.25) is 4.79 Å². The summed E-state index contributed by atoms with van der Waals surface area (Å²) in [5.41, 5.74) is 3.17. The van der Waals surface area contributed by atoms with Crippen molar-refractivity contribution in [1.29, 1.82) is 0 Å². The Hall–Kier alpha value is -4.30. The van der Waals surface area contributed by atoms with Crippen LogP contribution < -0.4 is 14.2 Å². The highest BCUT2D eigenvalue weighted by Crippen LogP contribution is 2.40. The van der Waals surface area contributed by atoms with E-state index in [0.29, 0.717) is 28.7 Å². The predicted molar refractivity (Wildman–Crippen MR) is 144 cm³/mol. The van der Waals surface area contributed by atoms with Crippen LogP contribution in [0.3, 0.4) is 0 Å². The second-order valence-electron chi connectivity index (χ2n) is 8.87. The van der Waals surface area contributed by atoms with Gasteiger partial charge in [-0.2, -0.15) is 0 Å². The molecule has 8 heteroatoms. The molecule has 0 radical (unpaired) electrons. The van der Waals surface area contributed by atoms with E-state index in [2.05, 4.69) is 0 Å². The maximum absolute atomic E-state index is 14.0. The lowest BCUT2D eigenvalue weighted by atomic mass is 9.91. The van der Waals surface area contributed by atoms with Crippen molar-refractivity contribution in [1.82, 2.24) is 4.90 Å².